The Balaban J connectivity index is 2.70. The van der Waals surface area contributed by atoms with Crippen LogP contribution in [0.25, 0.3) is 0 Å². The highest BCUT2D eigenvalue weighted by Gasteiger charge is 2.30. The first-order valence-corrected chi connectivity index (χ1v) is 5.00. The number of anilines is 1. The third kappa shape index (κ3) is 4.30. The zero-order valence-corrected chi connectivity index (χ0v) is 9.21. The molecular formula is C12H12F3NO. The van der Waals surface area contributed by atoms with Gasteiger partial charge in [-0.3, -0.25) is 4.79 Å². The molecule has 0 unspecified atom stereocenters. The molecule has 0 atom stereocenters. The molecule has 0 heterocycles. The van der Waals surface area contributed by atoms with Crippen molar-refractivity contribution in [2.45, 2.75) is 13.1 Å². The van der Waals surface area contributed by atoms with E-state index in [1.165, 1.54) is 18.2 Å². The third-order valence-corrected chi connectivity index (χ3v) is 2.01. The Morgan fingerprint density at radius 3 is 2.71 bits per heavy atom. The van der Waals surface area contributed by atoms with Crippen LogP contribution >= 0.6 is 0 Å². The summed E-state index contributed by atoms with van der Waals surface area (Å²) in [6, 6.07) is 4.74. The normalized spacial score (nSPS) is 11.8. The number of nitrogens with one attached hydrogen (secondary N) is 1. The molecule has 17 heavy (non-hydrogen) atoms. The Bertz CT molecular complexity index is 424. The maximum absolute atomic E-state index is 12.4. The third-order valence-electron chi connectivity index (χ3n) is 2.01. The molecule has 0 saturated heterocycles. The largest absolute Gasteiger partial charge is 0.416 e. The van der Waals surface area contributed by atoms with E-state index in [0.29, 0.717) is 0 Å². The minimum Gasteiger partial charge on any atom is -0.378 e. The van der Waals surface area contributed by atoms with E-state index < -0.39 is 11.7 Å². The molecular weight excluding hydrogens is 231 g/mol. The Morgan fingerprint density at radius 1 is 1.41 bits per heavy atom. The molecule has 1 aromatic rings. The van der Waals surface area contributed by atoms with Crippen LogP contribution in [0.15, 0.2) is 36.4 Å². The van der Waals surface area contributed by atoms with Gasteiger partial charge < -0.3 is 5.32 Å². The van der Waals surface area contributed by atoms with Crippen molar-refractivity contribution < 1.29 is 18.0 Å². The number of halogens is 3. The SMILES string of the molecule is CC=CC(=O)CNc1cccc(C(F)(F)F)c1. The van der Waals surface area contributed by atoms with Crippen LogP contribution < -0.4 is 5.32 Å². The number of allylic oxidation sites excluding steroid dienone is 1. The van der Waals surface area contributed by atoms with Gasteiger partial charge in [-0.25, -0.2) is 0 Å². The van der Waals surface area contributed by atoms with E-state index in [4.69, 9.17) is 0 Å². The molecule has 0 aliphatic rings. The lowest BCUT2D eigenvalue weighted by Gasteiger charge is -2.09. The maximum atomic E-state index is 12.4. The quantitative estimate of drug-likeness (QED) is 0.822. The fourth-order valence-electron chi connectivity index (χ4n) is 1.24. The van der Waals surface area contributed by atoms with E-state index >= 15 is 0 Å². The highest BCUT2D eigenvalue weighted by atomic mass is 19.4. The summed E-state index contributed by atoms with van der Waals surface area (Å²) in [7, 11) is 0. The van der Waals surface area contributed by atoms with Crippen molar-refractivity contribution >= 4 is 11.5 Å². The molecule has 0 amide bonds. The van der Waals surface area contributed by atoms with Crippen molar-refractivity contribution in [2.24, 2.45) is 0 Å². The molecule has 1 aromatic carbocycles. The minimum absolute atomic E-state index is 0.0222. The van der Waals surface area contributed by atoms with Gasteiger partial charge in [0.15, 0.2) is 5.78 Å². The second kappa shape index (κ2) is 5.52. The van der Waals surface area contributed by atoms with Crippen molar-refractivity contribution in [2.75, 3.05) is 11.9 Å². The monoisotopic (exact) mass is 243 g/mol. The average molecular weight is 243 g/mol. The summed E-state index contributed by atoms with van der Waals surface area (Å²) >= 11 is 0. The van der Waals surface area contributed by atoms with Gasteiger partial charge in [-0.05, 0) is 31.2 Å². The van der Waals surface area contributed by atoms with Crippen LogP contribution in [0.5, 0.6) is 0 Å². The first-order chi connectivity index (χ1) is 7.93. The highest BCUT2D eigenvalue weighted by Crippen LogP contribution is 2.30. The summed E-state index contributed by atoms with van der Waals surface area (Å²) in [5, 5.41) is 2.64. The fourth-order valence-corrected chi connectivity index (χ4v) is 1.24. The Labute approximate surface area is 97.1 Å². The molecule has 0 saturated carbocycles. The lowest BCUT2D eigenvalue weighted by molar-refractivity contribution is -0.137. The van der Waals surface area contributed by atoms with E-state index in [2.05, 4.69) is 5.32 Å². The van der Waals surface area contributed by atoms with Crippen LogP contribution in [0.2, 0.25) is 0 Å². The Kier molecular flexibility index (Phi) is 4.31. The van der Waals surface area contributed by atoms with E-state index in [0.717, 1.165) is 12.1 Å². The van der Waals surface area contributed by atoms with Gasteiger partial charge in [0.05, 0.1) is 12.1 Å². The van der Waals surface area contributed by atoms with Crippen molar-refractivity contribution in [1.82, 2.24) is 0 Å². The second-order valence-electron chi connectivity index (χ2n) is 3.40. The predicted molar refractivity (Wildman–Crippen MR) is 59.8 cm³/mol. The van der Waals surface area contributed by atoms with E-state index in [1.807, 2.05) is 0 Å². The molecule has 0 bridgehead atoms. The molecule has 0 radical (unpaired) electrons. The number of rotatable bonds is 4. The smallest absolute Gasteiger partial charge is 0.378 e. The van der Waals surface area contributed by atoms with E-state index in [9.17, 15) is 18.0 Å². The minimum atomic E-state index is -4.37. The van der Waals surface area contributed by atoms with Crippen molar-refractivity contribution in [3.8, 4) is 0 Å². The first-order valence-electron chi connectivity index (χ1n) is 5.00. The number of ketones is 1. The van der Waals surface area contributed by atoms with Gasteiger partial charge in [-0.2, -0.15) is 13.2 Å². The molecule has 1 N–H and O–H groups in total. The van der Waals surface area contributed by atoms with E-state index in [-0.39, 0.29) is 18.0 Å². The molecule has 2 nitrogen and oxygen atoms in total. The van der Waals surface area contributed by atoms with E-state index in [1.54, 1.807) is 13.0 Å². The van der Waals surface area contributed by atoms with Crippen LogP contribution in [-0.4, -0.2) is 12.3 Å². The summed E-state index contributed by atoms with van der Waals surface area (Å²) < 4.78 is 37.1. The van der Waals surface area contributed by atoms with Gasteiger partial charge in [0.1, 0.15) is 0 Å². The van der Waals surface area contributed by atoms with Gasteiger partial charge in [-0.15, -0.1) is 0 Å². The summed E-state index contributed by atoms with van der Waals surface area (Å²) in [4.78, 5) is 11.1. The second-order valence-corrected chi connectivity index (χ2v) is 3.40. The standard InChI is InChI=1S/C12H12F3NO/c1-2-4-11(17)8-16-10-6-3-5-9(7-10)12(13,14)15/h2-7,16H,8H2,1H3. The van der Waals surface area contributed by atoms with Crippen LogP contribution in [-0.2, 0) is 11.0 Å². The lowest BCUT2D eigenvalue weighted by atomic mass is 10.2. The molecule has 0 fully saturated rings. The number of hydrogen-bond acceptors (Lipinski definition) is 2. The van der Waals surface area contributed by atoms with Crippen LogP contribution in [0.3, 0.4) is 0 Å². The summed E-state index contributed by atoms with van der Waals surface area (Å²) in [6.45, 7) is 1.67. The molecule has 0 aliphatic carbocycles. The Morgan fingerprint density at radius 2 is 2.12 bits per heavy atom. The molecule has 0 aromatic heterocycles. The highest BCUT2D eigenvalue weighted by molar-refractivity contribution is 5.92. The van der Waals surface area contributed by atoms with Crippen LogP contribution in [0, 0.1) is 0 Å². The van der Waals surface area contributed by atoms with Gasteiger partial charge in [0.25, 0.3) is 0 Å². The number of benzene rings is 1. The fraction of sp³-hybridized carbons (Fsp3) is 0.250. The average Bonchev–Trinajstić information content (AvgIpc) is 2.26. The Hall–Kier alpha value is -1.78. The number of hydrogen-bond donors (Lipinski definition) is 1. The van der Waals surface area contributed by atoms with Crippen LogP contribution in [0.4, 0.5) is 18.9 Å². The molecule has 0 spiro atoms. The summed E-state index contributed by atoms with van der Waals surface area (Å²) in [5.41, 5.74) is -0.460. The molecule has 1 rings (SSSR count). The van der Waals surface area contributed by atoms with Crippen molar-refractivity contribution in [1.29, 1.82) is 0 Å². The van der Waals surface area contributed by atoms with Gasteiger partial charge in [-0.1, -0.05) is 12.1 Å². The number of carbonyl (C=O) groups is 1. The summed E-state index contributed by atoms with van der Waals surface area (Å²) in [5.74, 6) is -0.190. The lowest BCUT2D eigenvalue weighted by Crippen LogP contribution is -2.12. The first kappa shape index (κ1) is 13.3. The van der Waals surface area contributed by atoms with Crippen molar-refractivity contribution in [3.05, 3.63) is 42.0 Å². The topological polar surface area (TPSA) is 29.1 Å². The molecule has 5 heteroatoms. The molecule has 0 aliphatic heterocycles. The van der Waals surface area contributed by atoms with Gasteiger partial charge in [0.2, 0.25) is 0 Å². The number of carbonyl (C=O) groups excluding carboxylic acids is 1. The van der Waals surface area contributed by atoms with Crippen LogP contribution in [0.1, 0.15) is 12.5 Å². The number of alkyl halides is 3. The zero-order chi connectivity index (χ0) is 12.9. The maximum Gasteiger partial charge on any atom is 0.416 e. The zero-order valence-electron chi connectivity index (χ0n) is 9.21. The summed E-state index contributed by atoms with van der Waals surface area (Å²) in [6.07, 6.45) is -1.43. The van der Waals surface area contributed by atoms with Crippen molar-refractivity contribution in [3.63, 3.8) is 0 Å². The predicted octanol–water partition coefficient (Wildman–Crippen LogP) is 3.26. The van der Waals surface area contributed by atoms with Gasteiger partial charge >= 0.3 is 6.18 Å². The molecule has 92 valence electrons. The van der Waals surface area contributed by atoms with Gasteiger partial charge in [0, 0.05) is 5.69 Å².